The number of amides is 1. The van der Waals surface area contributed by atoms with E-state index in [9.17, 15) is 9.59 Å². The number of carbonyl (C=O) groups excluding carboxylic acids is 1. The number of aliphatic carboxylic acids is 1. The molecule has 0 aromatic carbocycles. The van der Waals surface area contributed by atoms with Gasteiger partial charge >= 0.3 is 5.97 Å². The van der Waals surface area contributed by atoms with E-state index >= 15 is 0 Å². The first-order valence-electron chi connectivity index (χ1n) is 5.89. The number of carboxylic acid groups (broad SMARTS) is 1. The summed E-state index contributed by atoms with van der Waals surface area (Å²) in [5.41, 5.74) is 0.804. The van der Waals surface area contributed by atoms with Gasteiger partial charge in [-0.2, -0.15) is 0 Å². The molecule has 7 nitrogen and oxygen atoms in total. The number of carbonyl (C=O) groups is 2. The van der Waals surface area contributed by atoms with E-state index < -0.39 is 5.97 Å². The van der Waals surface area contributed by atoms with Gasteiger partial charge in [0.05, 0.1) is 18.3 Å². The Bertz CT molecular complexity index is 416. The minimum atomic E-state index is -0.902. The smallest absolute Gasteiger partial charge is 0.305 e. The second-order valence-electron chi connectivity index (χ2n) is 4.06. The zero-order valence-electron chi connectivity index (χ0n) is 10.7. The van der Waals surface area contributed by atoms with Crippen molar-refractivity contribution < 1.29 is 14.7 Å². The molecule has 0 fully saturated rings. The molecule has 0 spiro atoms. The van der Waals surface area contributed by atoms with Crippen molar-refractivity contribution in [2.75, 3.05) is 13.1 Å². The highest BCUT2D eigenvalue weighted by atomic mass is 16.4. The van der Waals surface area contributed by atoms with E-state index in [1.807, 2.05) is 13.8 Å². The molecule has 0 saturated heterocycles. The highest BCUT2D eigenvalue weighted by molar-refractivity contribution is 5.76. The third-order valence-corrected chi connectivity index (χ3v) is 2.54. The van der Waals surface area contributed by atoms with Gasteiger partial charge in [0.1, 0.15) is 6.54 Å². The Kier molecular flexibility index (Phi) is 5.29. The lowest BCUT2D eigenvalue weighted by atomic mass is 10.3. The van der Waals surface area contributed by atoms with E-state index in [0.717, 1.165) is 12.1 Å². The highest BCUT2D eigenvalue weighted by Crippen LogP contribution is 2.00. The van der Waals surface area contributed by atoms with Crippen LogP contribution in [-0.4, -0.2) is 50.0 Å². The second kappa shape index (κ2) is 6.73. The lowest BCUT2D eigenvalue weighted by molar-refractivity contribution is -0.138. The van der Waals surface area contributed by atoms with E-state index in [-0.39, 0.29) is 25.4 Å². The summed E-state index contributed by atoms with van der Waals surface area (Å²) >= 11 is 0. The Morgan fingerprint density at radius 1 is 1.44 bits per heavy atom. The maximum Gasteiger partial charge on any atom is 0.305 e. The topological polar surface area (TPSA) is 88.3 Å². The van der Waals surface area contributed by atoms with Gasteiger partial charge in [-0.05, 0) is 13.3 Å². The molecule has 100 valence electrons. The summed E-state index contributed by atoms with van der Waals surface area (Å²) in [7, 11) is 0. The van der Waals surface area contributed by atoms with Crippen LogP contribution in [0.5, 0.6) is 0 Å². The van der Waals surface area contributed by atoms with Crippen LogP contribution < -0.4 is 0 Å². The molecular weight excluding hydrogens is 236 g/mol. The Balaban J connectivity index is 2.59. The summed E-state index contributed by atoms with van der Waals surface area (Å²) in [6, 6.07) is 0. The molecule has 0 aliphatic heterocycles. The van der Waals surface area contributed by atoms with Gasteiger partial charge in [0.2, 0.25) is 5.91 Å². The monoisotopic (exact) mass is 254 g/mol. The van der Waals surface area contributed by atoms with Crippen LogP contribution in [0.15, 0.2) is 6.20 Å². The quantitative estimate of drug-likeness (QED) is 0.756. The van der Waals surface area contributed by atoms with Gasteiger partial charge < -0.3 is 10.0 Å². The van der Waals surface area contributed by atoms with Gasteiger partial charge in [-0.3, -0.25) is 9.59 Å². The minimum absolute atomic E-state index is 0.0396. The molecule has 0 aliphatic carbocycles. The number of hydrogen-bond acceptors (Lipinski definition) is 4. The van der Waals surface area contributed by atoms with Crippen molar-refractivity contribution in [1.29, 1.82) is 0 Å². The first kappa shape index (κ1) is 14.1. The lowest BCUT2D eigenvalue weighted by Crippen LogP contribution is -2.36. The van der Waals surface area contributed by atoms with Crippen LogP contribution in [0.3, 0.4) is 0 Å². The predicted octanol–water partition coefficient (Wildman–Crippen LogP) is 0.300. The van der Waals surface area contributed by atoms with E-state index in [1.165, 1.54) is 4.68 Å². The van der Waals surface area contributed by atoms with E-state index in [2.05, 4.69) is 10.3 Å². The van der Waals surface area contributed by atoms with Crippen LogP contribution in [0, 0.1) is 6.92 Å². The third-order valence-electron chi connectivity index (χ3n) is 2.54. The van der Waals surface area contributed by atoms with Crippen LogP contribution >= 0.6 is 0 Å². The summed E-state index contributed by atoms with van der Waals surface area (Å²) in [4.78, 5) is 24.1. The number of aromatic nitrogens is 3. The van der Waals surface area contributed by atoms with Crippen molar-refractivity contribution in [3.8, 4) is 0 Å². The first-order chi connectivity index (χ1) is 8.54. The second-order valence-corrected chi connectivity index (χ2v) is 4.06. The number of aryl methyl sites for hydroxylation is 1. The summed E-state index contributed by atoms with van der Waals surface area (Å²) < 4.78 is 1.51. The SMILES string of the molecule is CCCN(CCC(=O)O)C(=O)Cn1nncc1C. The Hall–Kier alpha value is -1.92. The van der Waals surface area contributed by atoms with Crippen molar-refractivity contribution in [3.63, 3.8) is 0 Å². The zero-order chi connectivity index (χ0) is 13.5. The standard InChI is InChI=1S/C11H18N4O3/c1-3-5-14(6-4-11(17)18)10(16)8-15-9(2)7-12-13-15/h7H,3-6,8H2,1-2H3,(H,17,18). The van der Waals surface area contributed by atoms with Crippen molar-refractivity contribution in [2.24, 2.45) is 0 Å². The van der Waals surface area contributed by atoms with E-state index in [1.54, 1.807) is 11.1 Å². The number of carboxylic acids is 1. The Labute approximate surface area is 105 Å². The van der Waals surface area contributed by atoms with Gasteiger partial charge in [-0.15, -0.1) is 5.10 Å². The van der Waals surface area contributed by atoms with Gasteiger partial charge in [0, 0.05) is 13.1 Å². The van der Waals surface area contributed by atoms with Gasteiger partial charge in [0.15, 0.2) is 0 Å². The molecular formula is C11H18N4O3. The average Bonchev–Trinajstić information content (AvgIpc) is 2.70. The van der Waals surface area contributed by atoms with Crippen LogP contribution in [0.25, 0.3) is 0 Å². The minimum Gasteiger partial charge on any atom is -0.481 e. The van der Waals surface area contributed by atoms with Crippen LogP contribution in [0.1, 0.15) is 25.5 Å². The van der Waals surface area contributed by atoms with Gasteiger partial charge in [-0.25, -0.2) is 4.68 Å². The third kappa shape index (κ3) is 4.15. The van der Waals surface area contributed by atoms with Crippen molar-refractivity contribution in [3.05, 3.63) is 11.9 Å². The Morgan fingerprint density at radius 2 is 2.17 bits per heavy atom. The molecule has 0 atom stereocenters. The van der Waals surface area contributed by atoms with Crippen LogP contribution in [0.2, 0.25) is 0 Å². The predicted molar refractivity (Wildman–Crippen MR) is 63.9 cm³/mol. The average molecular weight is 254 g/mol. The fraction of sp³-hybridized carbons (Fsp3) is 0.636. The molecule has 1 aromatic heterocycles. The fourth-order valence-electron chi connectivity index (χ4n) is 1.56. The van der Waals surface area contributed by atoms with Gasteiger partial charge in [-0.1, -0.05) is 12.1 Å². The van der Waals surface area contributed by atoms with Crippen molar-refractivity contribution in [2.45, 2.75) is 33.2 Å². The molecule has 0 unspecified atom stereocenters. The molecule has 1 amide bonds. The maximum atomic E-state index is 12.0. The Morgan fingerprint density at radius 3 is 2.67 bits per heavy atom. The lowest BCUT2D eigenvalue weighted by Gasteiger charge is -2.21. The van der Waals surface area contributed by atoms with Gasteiger partial charge in [0.25, 0.3) is 0 Å². The summed E-state index contributed by atoms with van der Waals surface area (Å²) in [5.74, 6) is -1.03. The number of rotatable bonds is 7. The normalized spacial score (nSPS) is 10.3. The molecule has 7 heteroatoms. The molecule has 1 heterocycles. The molecule has 1 aromatic rings. The number of nitrogens with zero attached hydrogens (tertiary/aromatic N) is 4. The molecule has 0 aliphatic rings. The largest absolute Gasteiger partial charge is 0.481 e. The van der Waals surface area contributed by atoms with E-state index in [0.29, 0.717) is 6.54 Å². The summed E-state index contributed by atoms with van der Waals surface area (Å²) in [5, 5.41) is 16.1. The molecule has 0 radical (unpaired) electrons. The summed E-state index contributed by atoms with van der Waals surface area (Å²) in [6.45, 7) is 4.65. The maximum absolute atomic E-state index is 12.0. The number of hydrogen-bond donors (Lipinski definition) is 1. The molecule has 18 heavy (non-hydrogen) atoms. The zero-order valence-corrected chi connectivity index (χ0v) is 10.7. The molecule has 0 saturated carbocycles. The van der Waals surface area contributed by atoms with Crippen molar-refractivity contribution >= 4 is 11.9 Å². The van der Waals surface area contributed by atoms with Crippen LogP contribution in [-0.2, 0) is 16.1 Å². The summed E-state index contributed by atoms with van der Waals surface area (Å²) in [6.07, 6.45) is 2.33. The highest BCUT2D eigenvalue weighted by Gasteiger charge is 2.15. The van der Waals surface area contributed by atoms with Crippen molar-refractivity contribution in [1.82, 2.24) is 19.9 Å². The molecule has 1 N–H and O–H groups in total. The van der Waals surface area contributed by atoms with E-state index in [4.69, 9.17) is 5.11 Å². The van der Waals surface area contributed by atoms with Crippen LogP contribution in [0.4, 0.5) is 0 Å². The molecule has 1 rings (SSSR count). The fourth-order valence-corrected chi connectivity index (χ4v) is 1.56. The molecule has 0 bridgehead atoms. The first-order valence-corrected chi connectivity index (χ1v) is 5.89.